The normalized spacial score (nSPS) is 12.1. The minimum Gasteiger partial charge on any atom is -0.495 e. The molecule has 1 rings (SSSR count). The third-order valence-corrected chi connectivity index (χ3v) is 3.77. The third kappa shape index (κ3) is 4.56. The van der Waals surface area contributed by atoms with Crippen molar-refractivity contribution in [2.24, 2.45) is 0 Å². The summed E-state index contributed by atoms with van der Waals surface area (Å²) in [7, 11) is 0.415. The molecule has 1 unspecified atom stereocenters. The Morgan fingerprint density at radius 1 is 1.35 bits per heavy atom. The molecule has 0 aliphatic heterocycles. The monoisotopic (exact) mass is 256 g/mol. The van der Waals surface area contributed by atoms with Gasteiger partial charge in [-0.05, 0) is 25.0 Å². The highest BCUT2D eigenvalue weighted by Gasteiger charge is 2.09. The topological polar surface area (TPSA) is 63.6 Å². The second kappa shape index (κ2) is 7.06. The van der Waals surface area contributed by atoms with Crippen LogP contribution in [0.4, 0.5) is 0 Å². The van der Waals surface area contributed by atoms with E-state index in [1.807, 2.05) is 12.1 Å². The minimum absolute atomic E-state index is 0.128. The van der Waals surface area contributed by atoms with Crippen LogP contribution in [0.5, 0.6) is 5.75 Å². The van der Waals surface area contributed by atoms with Gasteiger partial charge in [-0.1, -0.05) is 12.1 Å². The molecule has 1 atom stereocenters. The summed E-state index contributed by atoms with van der Waals surface area (Å²) in [5, 5.41) is 8.48. The number of para-hydroxylation sites is 1. The average molecular weight is 256 g/mol. The zero-order chi connectivity index (χ0) is 12.7. The van der Waals surface area contributed by atoms with Crippen LogP contribution in [-0.4, -0.2) is 28.1 Å². The van der Waals surface area contributed by atoms with Crippen LogP contribution in [0.2, 0.25) is 0 Å². The standard InChI is InChI=1S/C12H16O4S/c1-16-10-6-2-3-7-11(10)17(15)9-5-4-8-12(13)14/h2-3,6-7H,4-5,8-9H2,1H3,(H,13,14). The quantitative estimate of drug-likeness (QED) is 0.758. The first kappa shape index (κ1) is 13.7. The number of unbranched alkanes of at least 4 members (excludes halogenated alkanes) is 1. The van der Waals surface area contributed by atoms with Crippen LogP contribution < -0.4 is 4.74 Å². The largest absolute Gasteiger partial charge is 0.495 e. The molecule has 94 valence electrons. The van der Waals surface area contributed by atoms with E-state index in [-0.39, 0.29) is 6.42 Å². The SMILES string of the molecule is COc1ccccc1S(=O)CCCCC(=O)O. The van der Waals surface area contributed by atoms with Gasteiger partial charge in [-0.2, -0.15) is 0 Å². The van der Waals surface area contributed by atoms with E-state index >= 15 is 0 Å². The van der Waals surface area contributed by atoms with Crippen LogP contribution in [0, 0.1) is 0 Å². The van der Waals surface area contributed by atoms with Crippen LogP contribution in [0.25, 0.3) is 0 Å². The van der Waals surface area contributed by atoms with Gasteiger partial charge in [0.05, 0.1) is 22.8 Å². The molecule has 0 bridgehead atoms. The Balaban J connectivity index is 2.49. The number of hydrogen-bond acceptors (Lipinski definition) is 3. The highest BCUT2D eigenvalue weighted by Crippen LogP contribution is 2.21. The Morgan fingerprint density at radius 2 is 2.06 bits per heavy atom. The first-order valence-electron chi connectivity index (χ1n) is 5.38. The summed E-state index contributed by atoms with van der Waals surface area (Å²) in [5.74, 6) is 0.269. The van der Waals surface area contributed by atoms with Crippen molar-refractivity contribution in [1.29, 1.82) is 0 Å². The Labute approximate surface area is 103 Å². The van der Waals surface area contributed by atoms with Crippen molar-refractivity contribution >= 4 is 16.8 Å². The first-order chi connectivity index (χ1) is 8.15. The molecule has 0 radical (unpaired) electrons. The van der Waals surface area contributed by atoms with Crippen molar-refractivity contribution < 1.29 is 18.8 Å². The van der Waals surface area contributed by atoms with Crippen molar-refractivity contribution in [3.8, 4) is 5.75 Å². The molecule has 1 aromatic carbocycles. The van der Waals surface area contributed by atoms with Gasteiger partial charge < -0.3 is 9.84 Å². The Bertz CT molecular complexity index is 403. The molecule has 0 aliphatic carbocycles. The number of benzene rings is 1. The molecule has 0 saturated heterocycles. The molecule has 0 spiro atoms. The lowest BCUT2D eigenvalue weighted by Gasteiger charge is -2.07. The van der Waals surface area contributed by atoms with Crippen LogP contribution in [0.15, 0.2) is 29.2 Å². The van der Waals surface area contributed by atoms with Crippen molar-refractivity contribution in [3.05, 3.63) is 24.3 Å². The molecule has 0 aromatic heterocycles. The molecule has 0 saturated carbocycles. The Kier molecular flexibility index (Phi) is 5.69. The molecule has 4 nitrogen and oxygen atoms in total. The van der Waals surface area contributed by atoms with Crippen LogP contribution in [-0.2, 0) is 15.6 Å². The van der Waals surface area contributed by atoms with Crippen molar-refractivity contribution in [2.75, 3.05) is 12.9 Å². The minimum atomic E-state index is -1.13. The van der Waals surface area contributed by atoms with Crippen molar-refractivity contribution in [3.63, 3.8) is 0 Å². The summed E-state index contributed by atoms with van der Waals surface area (Å²) >= 11 is 0. The number of aliphatic carboxylic acids is 1. The average Bonchev–Trinajstić information content (AvgIpc) is 2.34. The lowest BCUT2D eigenvalue weighted by atomic mass is 10.2. The molecule has 5 heteroatoms. The lowest BCUT2D eigenvalue weighted by molar-refractivity contribution is -0.137. The summed E-state index contributed by atoms with van der Waals surface area (Å²) in [4.78, 5) is 11.0. The predicted molar refractivity (Wildman–Crippen MR) is 65.8 cm³/mol. The van der Waals surface area contributed by atoms with Gasteiger partial charge in [0.2, 0.25) is 0 Å². The van der Waals surface area contributed by atoms with Crippen molar-refractivity contribution in [2.45, 2.75) is 24.2 Å². The van der Waals surface area contributed by atoms with E-state index in [0.29, 0.717) is 29.2 Å². The van der Waals surface area contributed by atoms with Gasteiger partial charge in [0.25, 0.3) is 0 Å². The molecule has 0 heterocycles. The number of carbonyl (C=O) groups is 1. The number of hydrogen-bond donors (Lipinski definition) is 1. The van der Waals surface area contributed by atoms with Gasteiger partial charge in [0.15, 0.2) is 0 Å². The first-order valence-corrected chi connectivity index (χ1v) is 6.70. The number of methoxy groups -OCH3 is 1. The summed E-state index contributed by atoms with van der Waals surface area (Å²) < 4.78 is 17.1. The van der Waals surface area contributed by atoms with Gasteiger partial charge in [0, 0.05) is 12.2 Å². The smallest absolute Gasteiger partial charge is 0.303 e. The molecule has 0 aliphatic rings. The molecular formula is C12H16O4S. The summed E-state index contributed by atoms with van der Waals surface area (Å²) in [6, 6.07) is 7.17. The van der Waals surface area contributed by atoms with Gasteiger partial charge in [0.1, 0.15) is 5.75 Å². The van der Waals surface area contributed by atoms with Crippen molar-refractivity contribution in [1.82, 2.24) is 0 Å². The number of carboxylic acid groups (broad SMARTS) is 1. The maximum Gasteiger partial charge on any atom is 0.303 e. The van der Waals surface area contributed by atoms with E-state index in [1.54, 1.807) is 19.2 Å². The Morgan fingerprint density at radius 3 is 2.71 bits per heavy atom. The molecule has 17 heavy (non-hydrogen) atoms. The van der Waals surface area contributed by atoms with E-state index in [1.165, 1.54) is 0 Å². The second-order valence-electron chi connectivity index (χ2n) is 3.55. The second-order valence-corrected chi connectivity index (χ2v) is 5.09. The fourth-order valence-corrected chi connectivity index (χ4v) is 2.72. The Hall–Kier alpha value is -1.36. The maximum atomic E-state index is 12.0. The molecule has 0 amide bonds. The van der Waals surface area contributed by atoms with E-state index < -0.39 is 16.8 Å². The summed E-state index contributed by atoms with van der Waals surface area (Å²) in [6.07, 6.45) is 1.32. The number of ether oxygens (including phenoxy) is 1. The van der Waals surface area contributed by atoms with Gasteiger partial charge in [-0.3, -0.25) is 9.00 Å². The predicted octanol–water partition coefficient (Wildman–Crippen LogP) is 2.06. The molecular weight excluding hydrogens is 240 g/mol. The zero-order valence-electron chi connectivity index (χ0n) is 9.72. The zero-order valence-corrected chi connectivity index (χ0v) is 10.5. The van der Waals surface area contributed by atoms with Crippen LogP contribution in [0.1, 0.15) is 19.3 Å². The number of rotatable bonds is 7. The van der Waals surface area contributed by atoms with Gasteiger partial charge in [-0.25, -0.2) is 0 Å². The summed E-state index contributed by atoms with van der Waals surface area (Å²) in [6.45, 7) is 0. The number of carboxylic acids is 1. The van der Waals surface area contributed by atoms with Crippen LogP contribution >= 0.6 is 0 Å². The van der Waals surface area contributed by atoms with E-state index in [9.17, 15) is 9.00 Å². The molecule has 1 aromatic rings. The highest BCUT2D eigenvalue weighted by molar-refractivity contribution is 7.85. The molecule has 1 N–H and O–H groups in total. The van der Waals surface area contributed by atoms with Crippen LogP contribution in [0.3, 0.4) is 0 Å². The third-order valence-electron chi connectivity index (χ3n) is 2.28. The van der Waals surface area contributed by atoms with E-state index in [4.69, 9.17) is 9.84 Å². The van der Waals surface area contributed by atoms with E-state index in [2.05, 4.69) is 0 Å². The summed E-state index contributed by atoms with van der Waals surface area (Å²) in [5.41, 5.74) is 0. The maximum absolute atomic E-state index is 12.0. The fourth-order valence-electron chi connectivity index (χ4n) is 1.43. The fraction of sp³-hybridized carbons (Fsp3) is 0.417. The lowest BCUT2D eigenvalue weighted by Crippen LogP contribution is -2.02. The van der Waals surface area contributed by atoms with E-state index in [0.717, 1.165) is 0 Å². The van der Waals surface area contributed by atoms with Gasteiger partial charge >= 0.3 is 5.97 Å². The van der Waals surface area contributed by atoms with Gasteiger partial charge in [-0.15, -0.1) is 0 Å². The highest BCUT2D eigenvalue weighted by atomic mass is 32.2. The molecule has 0 fully saturated rings.